The predicted octanol–water partition coefficient (Wildman–Crippen LogP) is 6.88. The van der Waals surface area contributed by atoms with Crippen LogP contribution in [-0.4, -0.2) is 48.3 Å². The Morgan fingerprint density at radius 1 is 1.05 bits per heavy atom. The van der Waals surface area contributed by atoms with Crippen molar-refractivity contribution in [2.45, 2.75) is 53.6 Å². The molecule has 10 heteroatoms. The number of aryl methyl sites for hydroxylation is 1. The number of nitrogens with zero attached hydrogens (tertiary/aromatic N) is 3. The minimum absolute atomic E-state index is 0.182. The molecule has 0 N–H and O–H groups in total. The molecule has 9 nitrogen and oxygen atoms in total. The summed E-state index contributed by atoms with van der Waals surface area (Å²) in [6.07, 6.45) is 1.31. The van der Waals surface area contributed by atoms with Crippen molar-refractivity contribution in [2.24, 2.45) is 5.10 Å². The second kappa shape index (κ2) is 13.9. The van der Waals surface area contributed by atoms with E-state index in [1.165, 1.54) is 11.8 Å². The number of fused-ring (bicyclic) bond motifs is 1. The first-order valence-corrected chi connectivity index (χ1v) is 14.9. The summed E-state index contributed by atoms with van der Waals surface area (Å²) in [6, 6.07) is 14.6. The van der Waals surface area contributed by atoms with Gasteiger partial charge in [0.25, 0.3) is 5.56 Å². The van der Waals surface area contributed by atoms with E-state index in [-0.39, 0.29) is 24.2 Å². The highest BCUT2D eigenvalue weighted by Gasteiger charge is 2.19. The Morgan fingerprint density at radius 3 is 2.47 bits per heavy atom. The van der Waals surface area contributed by atoms with Crippen molar-refractivity contribution in [2.75, 3.05) is 20.3 Å². The number of benzene rings is 3. The summed E-state index contributed by atoms with van der Waals surface area (Å²) < 4.78 is 24.2. The fourth-order valence-electron chi connectivity index (χ4n) is 4.55. The quantitative estimate of drug-likeness (QED) is 0.129. The number of carbonyl (C=O) groups excluding carboxylic acids is 1. The highest BCUT2D eigenvalue weighted by Crippen LogP contribution is 2.35. The van der Waals surface area contributed by atoms with Crippen LogP contribution in [0.25, 0.3) is 22.3 Å². The largest absolute Gasteiger partial charge is 0.494 e. The molecule has 1 heterocycles. The van der Waals surface area contributed by atoms with E-state index in [9.17, 15) is 9.59 Å². The van der Waals surface area contributed by atoms with Gasteiger partial charge < -0.3 is 18.9 Å². The number of halogens is 1. The number of para-hydroxylation sites is 1. The number of ether oxygens (including phenoxy) is 4. The van der Waals surface area contributed by atoms with E-state index in [4.69, 9.17) is 23.9 Å². The Bertz CT molecular complexity index is 1730. The van der Waals surface area contributed by atoms with Crippen LogP contribution in [0.5, 0.6) is 17.2 Å². The standard InChI is InChI=1S/C33H36BrN3O6/c1-8-41-28-13-21(6)25(15-24(28)19(2)3)32-36-27-12-10-9-11-23(27)33(39)37(32)35-17-22-14-29(40-7)30(16-26(22)34)42-18-31(38)43-20(4)5/h9-17,19-20H,8,18H2,1-7H3. The van der Waals surface area contributed by atoms with Crippen LogP contribution in [0.15, 0.2) is 62.9 Å². The molecule has 0 atom stereocenters. The SMILES string of the molecule is CCOc1cc(C)c(-c2nc3ccccc3c(=O)n2N=Cc2cc(OC)c(OCC(=O)OC(C)C)cc2Br)cc1C(C)C. The Labute approximate surface area is 259 Å². The van der Waals surface area contributed by atoms with Gasteiger partial charge in [0.1, 0.15) is 5.75 Å². The molecule has 0 aliphatic carbocycles. The number of esters is 1. The first-order chi connectivity index (χ1) is 20.5. The van der Waals surface area contributed by atoms with E-state index in [1.54, 1.807) is 44.3 Å². The van der Waals surface area contributed by atoms with E-state index in [0.29, 0.717) is 44.9 Å². The molecule has 0 unspecified atom stereocenters. The molecule has 4 rings (SSSR count). The Hall–Kier alpha value is -4.18. The van der Waals surface area contributed by atoms with Crippen LogP contribution in [0.3, 0.4) is 0 Å². The number of carbonyl (C=O) groups is 1. The van der Waals surface area contributed by atoms with Gasteiger partial charge in [-0.15, -0.1) is 0 Å². The third-order valence-electron chi connectivity index (χ3n) is 6.58. The van der Waals surface area contributed by atoms with Gasteiger partial charge in [-0.2, -0.15) is 9.78 Å². The van der Waals surface area contributed by atoms with E-state index in [0.717, 1.165) is 22.4 Å². The van der Waals surface area contributed by atoms with Crippen LogP contribution in [0.2, 0.25) is 0 Å². The van der Waals surface area contributed by atoms with Gasteiger partial charge in [-0.25, -0.2) is 9.78 Å². The van der Waals surface area contributed by atoms with E-state index in [1.807, 2.05) is 38.1 Å². The van der Waals surface area contributed by atoms with Gasteiger partial charge in [0, 0.05) is 15.6 Å². The van der Waals surface area contributed by atoms with Crippen LogP contribution in [0.4, 0.5) is 0 Å². The Balaban J connectivity index is 1.82. The van der Waals surface area contributed by atoms with Gasteiger partial charge in [-0.1, -0.05) is 26.0 Å². The van der Waals surface area contributed by atoms with Crippen molar-refractivity contribution < 1.29 is 23.7 Å². The monoisotopic (exact) mass is 649 g/mol. The van der Waals surface area contributed by atoms with Crippen molar-refractivity contribution in [3.05, 3.63) is 80.0 Å². The molecule has 0 saturated heterocycles. The lowest BCUT2D eigenvalue weighted by atomic mass is 9.96. The first-order valence-electron chi connectivity index (χ1n) is 14.1. The number of rotatable bonds is 11. The normalized spacial score (nSPS) is 11.5. The number of aromatic nitrogens is 2. The van der Waals surface area contributed by atoms with Crippen LogP contribution < -0.4 is 19.8 Å². The van der Waals surface area contributed by atoms with Crippen molar-refractivity contribution in [3.63, 3.8) is 0 Å². The second-order valence-corrected chi connectivity index (χ2v) is 11.3. The molecule has 3 aromatic carbocycles. The molecular formula is C33H36BrN3O6. The smallest absolute Gasteiger partial charge is 0.344 e. The molecular weight excluding hydrogens is 614 g/mol. The zero-order valence-electron chi connectivity index (χ0n) is 25.4. The fourth-order valence-corrected chi connectivity index (χ4v) is 4.98. The first kappa shape index (κ1) is 31.7. The molecule has 0 aliphatic heterocycles. The lowest BCUT2D eigenvalue weighted by Crippen LogP contribution is -2.21. The summed E-state index contributed by atoms with van der Waals surface area (Å²) in [5.41, 5.74) is 3.59. The van der Waals surface area contributed by atoms with Gasteiger partial charge in [0.05, 0.1) is 36.9 Å². The van der Waals surface area contributed by atoms with E-state index in [2.05, 4.69) is 34.9 Å². The average molecular weight is 651 g/mol. The molecule has 0 radical (unpaired) electrons. The lowest BCUT2D eigenvalue weighted by Gasteiger charge is -2.18. The maximum Gasteiger partial charge on any atom is 0.344 e. The molecule has 1 aromatic heterocycles. The highest BCUT2D eigenvalue weighted by molar-refractivity contribution is 9.10. The van der Waals surface area contributed by atoms with Gasteiger partial charge in [-0.05, 0) is 97.1 Å². The summed E-state index contributed by atoms with van der Waals surface area (Å²) >= 11 is 3.55. The summed E-state index contributed by atoms with van der Waals surface area (Å²) in [7, 11) is 1.50. The number of hydrogen-bond acceptors (Lipinski definition) is 8. The molecule has 0 saturated carbocycles. The molecule has 0 spiro atoms. The van der Waals surface area contributed by atoms with Crippen molar-refractivity contribution in [3.8, 4) is 28.6 Å². The zero-order chi connectivity index (χ0) is 31.3. The van der Waals surface area contributed by atoms with Crippen LogP contribution in [0.1, 0.15) is 57.2 Å². The van der Waals surface area contributed by atoms with E-state index < -0.39 is 5.97 Å². The third kappa shape index (κ3) is 7.25. The summed E-state index contributed by atoms with van der Waals surface area (Å²) in [5.74, 6) is 1.65. The second-order valence-electron chi connectivity index (χ2n) is 10.5. The topological polar surface area (TPSA) is 101 Å². The predicted molar refractivity (Wildman–Crippen MR) is 172 cm³/mol. The van der Waals surface area contributed by atoms with Crippen molar-refractivity contribution in [1.29, 1.82) is 0 Å². The summed E-state index contributed by atoms with van der Waals surface area (Å²) in [6.45, 7) is 11.9. The Morgan fingerprint density at radius 2 is 1.79 bits per heavy atom. The molecule has 0 fully saturated rings. The van der Waals surface area contributed by atoms with Crippen LogP contribution >= 0.6 is 15.9 Å². The van der Waals surface area contributed by atoms with Crippen LogP contribution in [-0.2, 0) is 9.53 Å². The molecule has 226 valence electrons. The highest BCUT2D eigenvalue weighted by atomic mass is 79.9. The lowest BCUT2D eigenvalue weighted by molar-refractivity contribution is -0.149. The molecule has 0 aliphatic rings. The summed E-state index contributed by atoms with van der Waals surface area (Å²) in [4.78, 5) is 30.7. The fraction of sp³-hybridized carbons (Fsp3) is 0.333. The van der Waals surface area contributed by atoms with Crippen molar-refractivity contribution >= 4 is 39.0 Å². The minimum Gasteiger partial charge on any atom is -0.494 e. The van der Waals surface area contributed by atoms with Gasteiger partial charge in [0.15, 0.2) is 23.9 Å². The molecule has 4 aromatic rings. The maximum atomic E-state index is 13.8. The van der Waals surface area contributed by atoms with Gasteiger partial charge in [-0.3, -0.25) is 4.79 Å². The van der Waals surface area contributed by atoms with E-state index >= 15 is 0 Å². The van der Waals surface area contributed by atoms with Crippen LogP contribution in [0, 0.1) is 6.92 Å². The molecule has 0 bridgehead atoms. The zero-order valence-corrected chi connectivity index (χ0v) is 27.0. The number of methoxy groups -OCH3 is 1. The minimum atomic E-state index is -0.486. The Kier molecular flexibility index (Phi) is 10.2. The molecule has 0 amide bonds. The third-order valence-corrected chi connectivity index (χ3v) is 7.27. The van der Waals surface area contributed by atoms with Crippen molar-refractivity contribution in [1.82, 2.24) is 9.66 Å². The van der Waals surface area contributed by atoms with Gasteiger partial charge >= 0.3 is 5.97 Å². The summed E-state index contributed by atoms with van der Waals surface area (Å²) in [5, 5.41) is 5.08. The van der Waals surface area contributed by atoms with Gasteiger partial charge in [0.2, 0.25) is 0 Å². The average Bonchev–Trinajstić information content (AvgIpc) is 2.96. The maximum absolute atomic E-state index is 13.8. The number of hydrogen-bond donors (Lipinski definition) is 0. The molecule has 43 heavy (non-hydrogen) atoms.